The van der Waals surface area contributed by atoms with E-state index in [2.05, 4.69) is 30.7 Å². The van der Waals surface area contributed by atoms with Gasteiger partial charge in [0.15, 0.2) is 5.16 Å². The quantitative estimate of drug-likeness (QED) is 0.451. The fourth-order valence-corrected chi connectivity index (χ4v) is 2.60. The van der Waals surface area contributed by atoms with E-state index >= 15 is 0 Å². The van der Waals surface area contributed by atoms with Crippen LogP contribution in [-0.2, 0) is 5.41 Å². The third kappa shape index (κ3) is 3.10. The van der Waals surface area contributed by atoms with Crippen LogP contribution in [0, 0.1) is 0 Å². The minimum absolute atomic E-state index is 0.0811. The molecule has 0 radical (unpaired) electrons. The highest BCUT2D eigenvalue weighted by atomic mass is 35.5. The Morgan fingerprint density at radius 2 is 1.68 bits per heavy atom. The van der Waals surface area contributed by atoms with Crippen LogP contribution in [0.2, 0.25) is 5.15 Å². The molecule has 0 aliphatic carbocycles. The lowest BCUT2D eigenvalue weighted by Crippen LogP contribution is -2.16. The zero-order valence-electron chi connectivity index (χ0n) is 11.6. The first-order valence-corrected chi connectivity index (χ1v) is 7.71. The molecular weight excluding hydrogens is 276 g/mol. The minimum Gasteiger partial charge on any atom is -0.226 e. The molecule has 0 saturated heterocycles. The summed E-state index contributed by atoms with van der Waals surface area (Å²) in [7, 11) is 0. The second kappa shape index (κ2) is 5.51. The van der Waals surface area contributed by atoms with Crippen molar-refractivity contribution in [1.29, 1.82) is 0 Å². The Morgan fingerprint density at radius 3 is 2.21 bits per heavy atom. The summed E-state index contributed by atoms with van der Waals surface area (Å²) in [5.41, 5.74) is 2.91. The highest BCUT2D eigenvalue weighted by molar-refractivity contribution is 7.98. The fraction of sp³-hybridized carbons (Fsp3) is 0.333. The molecule has 0 atom stereocenters. The van der Waals surface area contributed by atoms with Gasteiger partial charge in [-0.05, 0) is 11.8 Å². The number of hydrogen-bond acceptors (Lipinski definition) is 3. The first-order valence-electron chi connectivity index (χ1n) is 6.11. The minimum atomic E-state index is -0.0811. The van der Waals surface area contributed by atoms with E-state index in [0.717, 1.165) is 22.0 Å². The van der Waals surface area contributed by atoms with Crippen molar-refractivity contribution in [1.82, 2.24) is 9.97 Å². The lowest BCUT2D eigenvalue weighted by Gasteiger charge is -2.22. The van der Waals surface area contributed by atoms with Gasteiger partial charge in [-0.15, -0.1) is 0 Å². The molecule has 1 aromatic carbocycles. The van der Waals surface area contributed by atoms with Crippen molar-refractivity contribution < 1.29 is 0 Å². The Hall–Kier alpha value is -1.06. The number of rotatable bonds is 2. The molecule has 0 unspecified atom stereocenters. The summed E-state index contributed by atoms with van der Waals surface area (Å²) in [5, 5.41) is 1.24. The molecule has 0 bridgehead atoms. The molecule has 0 aliphatic rings. The first kappa shape index (κ1) is 14.4. The predicted octanol–water partition coefficient (Wildman–Crippen LogP) is 4.82. The molecule has 0 aliphatic heterocycles. The van der Waals surface area contributed by atoms with Gasteiger partial charge < -0.3 is 0 Å². The van der Waals surface area contributed by atoms with Crippen molar-refractivity contribution in [3.63, 3.8) is 0 Å². The molecule has 2 nitrogen and oxygen atoms in total. The van der Waals surface area contributed by atoms with Gasteiger partial charge in [0, 0.05) is 11.0 Å². The molecule has 19 heavy (non-hydrogen) atoms. The summed E-state index contributed by atoms with van der Waals surface area (Å²) in [5.74, 6) is 0. The van der Waals surface area contributed by atoms with Gasteiger partial charge in [0.25, 0.3) is 0 Å². The van der Waals surface area contributed by atoms with Gasteiger partial charge in [0.05, 0.1) is 5.69 Å². The van der Waals surface area contributed by atoms with Gasteiger partial charge in [-0.1, -0.05) is 74.5 Å². The Morgan fingerprint density at radius 1 is 1.05 bits per heavy atom. The van der Waals surface area contributed by atoms with Crippen LogP contribution in [0.5, 0.6) is 0 Å². The zero-order chi connectivity index (χ0) is 14.0. The predicted molar refractivity (Wildman–Crippen MR) is 83.0 cm³/mol. The van der Waals surface area contributed by atoms with Gasteiger partial charge >= 0.3 is 0 Å². The SMILES string of the molecule is CSc1nc(Cl)c(-c2ccccc2)c(C(C)(C)C)n1. The largest absolute Gasteiger partial charge is 0.226 e. The molecule has 0 saturated carbocycles. The highest BCUT2D eigenvalue weighted by Crippen LogP contribution is 2.36. The summed E-state index contributed by atoms with van der Waals surface area (Å²) in [6.07, 6.45) is 1.96. The van der Waals surface area contributed by atoms with Crippen LogP contribution in [0.3, 0.4) is 0 Å². The van der Waals surface area contributed by atoms with Crippen molar-refractivity contribution in [3.05, 3.63) is 41.2 Å². The molecule has 1 heterocycles. The number of halogens is 1. The van der Waals surface area contributed by atoms with E-state index in [9.17, 15) is 0 Å². The zero-order valence-corrected chi connectivity index (χ0v) is 13.1. The topological polar surface area (TPSA) is 25.8 Å². The van der Waals surface area contributed by atoms with Crippen LogP contribution in [0.4, 0.5) is 0 Å². The third-order valence-electron chi connectivity index (χ3n) is 2.80. The molecule has 0 N–H and O–H groups in total. The molecule has 0 fully saturated rings. The van der Waals surface area contributed by atoms with E-state index < -0.39 is 0 Å². The summed E-state index contributed by atoms with van der Waals surface area (Å²) in [6.45, 7) is 6.42. The smallest absolute Gasteiger partial charge is 0.188 e. The molecule has 100 valence electrons. The third-order valence-corrected chi connectivity index (χ3v) is 3.62. The van der Waals surface area contributed by atoms with Gasteiger partial charge in [-0.25, -0.2) is 9.97 Å². The van der Waals surface area contributed by atoms with E-state index in [-0.39, 0.29) is 5.41 Å². The summed E-state index contributed by atoms with van der Waals surface area (Å²) in [4.78, 5) is 9.03. The van der Waals surface area contributed by atoms with Crippen LogP contribution in [-0.4, -0.2) is 16.2 Å². The van der Waals surface area contributed by atoms with E-state index in [0.29, 0.717) is 5.15 Å². The molecule has 1 aromatic heterocycles. The molecule has 2 rings (SSSR count). The number of benzene rings is 1. The van der Waals surface area contributed by atoms with Crippen LogP contribution >= 0.6 is 23.4 Å². The normalized spacial score (nSPS) is 11.6. The van der Waals surface area contributed by atoms with Crippen molar-refractivity contribution in [2.75, 3.05) is 6.26 Å². The van der Waals surface area contributed by atoms with Gasteiger partial charge in [-0.2, -0.15) is 0 Å². The Balaban J connectivity index is 2.72. The maximum absolute atomic E-state index is 6.39. The molecule has 4 heteroatoms. The number of thioether (sulfide) groups is 1. The molecular formula is C15H17ClN2S. The van der Waals surface area contributed by atoms with Crippen molar-refractivity contribution >= 4 is 23.4 Å². The van der Waals surface area contributed by atoms with Crippen LogP contribution in [0.25, 0.3) is 11.1 Å². The van der Waals surface area contributed by atoms with Crippen LogP contribution in [0.15, 0.2) is 35.5 Å². The molecule has 0 amide bonds. The van der Waals surface area contributed by atoms with Crippen molar-refractivity contribution in [2.45, 2.75) is 31.3 Å². The lowest BCUT2D eigenvalue weighted by molar-refractivity contribution is 0.561. The molecule has 2 aromatic rings. The number of hydrogen-bond donors (Lipinski definition) is 0. The van der Waals surface area contributed by atoms with E-state index in [1.54, 1.807) is 0 Å². The Kier molecular flexibility index (Phi) is 4.16. The van der Waals surface area contributed by atoms with Crippen molar-refractivity contribution in [2.24, 2.45) is 0 Å². The second-order valence-corrected chi connectivity index (χ2v) is 6.47. The number of aromatic nitrogens is 2. The van der Waals surface area contributed by atoms with Crippen LogP contribution < -0.4 is 0 Å². The molecule has 0 spiro atoms. The summed E-state index contributed by atoms with van der Waals surface area (Å²) >= 11 is 7.90. The summed E-state index contributed by atoms with van der Waals surface area (Å²) < 4.78 is 0. The Bertz CT molecular complexity index is 577. The van der Waals surface area contributed by atoms with E-state index in [1.807, 2.05) is 36.6 Å². The Labute approximate surface area is 123 Å². The lowest BCUT2D eigenvalue weighted by atomic mass is 9.87. The standard InChI is InChI=1S/C15H17ClN2S/c1-15(2,3)12-11(10-8-6-5-7-9-10)13(16)18-14(17-12)19-4/h5-9H,1-4H3. The maximum Gasteiger partial charge on any atom is 0.188 e. The van der Waals surface area contributed by atoms with Gasteiger partial charge in [-0.3, -0.25) is 0 Å². The fourth-order valence-electron chi connectivity index (χ4n) is 1.91. The monoisotopic (exact) mass is 292 g/mol. The van der Waals surface area contributed by atoms with Crippen LogP contribution in [0.1, 0.15) is 26.5 Å². The van der Waals surface area contributed by atoms with Crippen molar-refractivity contribution in [3.8, 4) is 11.1 Å². The van der Waals surface area contributed by atoms with E-state index in [4.69, 9.17) is 11.6 Å². The van der Waals surface area contributed by atoms with E-state index in [1.165, 1.54) is 11.8 Å². The first-order chi connectivity index (χ1) is 8.93. The second-order valence-electron chi connectivity index (χ2n) is 5.34. The average Bonchev–Trinajstić information content (AvgIpc) is 2.37. The summed E-state index contributed by atoms with van der Waals surface area (Å²) in [6, 6.07) is 10.1. The average molecular weight is 293 g/mol. The van der Waals surface area contributed by atoms with Gasteiger partial charge in [0.1, 0.15) is 5.15 Å². The maximum atomic E-state index is 6.39. The van der Waals surface area contributed by atoms with Gasteiger partial charge in [0.2, 0.25) is 0 Å². The highest BCUT2D eigenvalue weighted by Gasteiger charge is 2.24. The number of nitrogens with zero attached hydrogens (tertiary/aromatic N) is 2.